The fraction of sp³-hybridized carbons (Fsp3) is 0.538. The second kappa shape index (κ2) is 7.27. The molecule has 17 heavy (non-hydrogen) atoms. The smallest absolute Gasteiger partial charge is 0.123 e. The lowest BCUT2D eigenvalue weighted by Crippen LogP contribution is -2.36. The molecule has 0 radical (unpaired) electrons. The molecule has 96 valence electrons. The topological polar surface area (TPSA) is 50.7 Å². The predicted octanol–water partition coefficient (Wildman–Crippen LogP) is 1.10. The molecule has 1 aromatic rings. The van der Waals surface area contributed by atoms with Gasteiger partial charge in [0.1, 0.15) is 5.75 Å². The highest BCUT2D eigenvalue weighted by Crippen LogP contribution is 2.19. The molecule has 1 unspecified atom stereocenters. The summed E-state index contributed by atoms with van der Waals surface area (Å²) >= 11 is 0. The Morgan fingerprint density at radius 1 is 1.35 bits per heavy atom. The van der Waals surface area contributed by atoms with E-state index >= 15 is 0 Å². The third kappa shape index (κ3) is 4.34. The summed E-state index contributed by atoms with van der Waals surface area (Å²) in [5.41, 5.74) is 2.27. The molecule has 4 heteroatoms. The van der Waals surface area contributed by atoms with Crippen LogP contribution >= 0.6 is 0 Å². The number of aliphatic hydroxyl groups excluding tert-OH is 1. The number of rotatable bonds is 7. The number of nitrogens with one attached hydrogen (secondary N) is 1. The molecule has 0 fully saturated rings. The van der Waals surface area contributed by atoms with Gasteiger partial charge in [0.2, 0.25) is 0 Å². The van der Waals surface area contributed by atoms with Gasteiger partial charge in [-0.15, -0.1) is 0 Å². The Kier molecular flexibility index (Phi) is 5.97. The van der Waals surface area contributed by atoms with Gasteiger partial charge in [-0.25, -0.2) is 0 Å². The Morgan fingerprint density at radius 2 is 2.12 bits per heavy atom. The minimum Gasteiger partial charge on any atom is -0.496 e. The highest BCUT2D eigenvalue weighted by Gasteiger charge is 2.08. The average Bonchev–Trinajstić information content (AvgIpc) is 2.34. The maximum atomic E-state index is 9.14. The molecule has 1 atom stereocenters. The molecular formula is C13H21NO3. The minimum absolute atomic E-state index is 0.0507. The fourth-order valence-electron chi connectivity index (χ4n) is 1.68. The van der Waals surface area contributed by atoms with Gasteiger partial charge in [-0.1, -0.05) is 17.7 Å². The Hall–Kier alpha value is -1.10. The summed E-state index contributed by atoms with van der Waals surface area (Å²) in [4.78, 5) is 0. The first-order chi connectivity index (χ1) is 8.21. The van der Waals surface area contributed by atoms with Crippen LogP contribution in [0.2, 0.25) is 0 Å². The number of hydrogen-bond donors (Lipinski definition) is 2. The van der Waals surface area contributed by atoms with Crippen molar-refractivity contribution >= 4 is 0 Å². The Morgan fingerprint density at radius 3 is 2.71 bits per heavy atom. The van der Waals surface area contributed by atoms with Crippen molar-refractivity contribution < 1.29 is 14.6 Å². The van der Waals surface area contributed by atoms with Crippen molar-refractivity contribution in [3.63, 3.8) is 0 Å². The fourth-order valence-corrected chi connectivity index (χ4v) is 1.68. The van der Waals surface area contributed by atoms with Gasteiger partial charge in [-0.05, 0) is 13.0 Å². The highest BCUT2D eigenvalue weighted by atomic mass is 16.5. The van der Waals surface area contributed by atoms with Gasteiger partial charge in [-0.2, -0.15) is 0 Å². The zero-order valence-corrected chi connectivity index (χ0v) is 10.7. The summed E-state index contributed by atoms with van der Waals surface area (Å²) in [6, 6.07) is 6.00. The minimum atomic E-state index is -0.0507. The third-order valence-corrected chi connectivity index (χ3v) is 2.61. The molecule has 0 aliphatic rings. The number of aliphatic hydroxyl groups is 1. The zero-order valence-electron chi connectivity index (χ0n) is 10.7. The van der Waals surface area contributed by atoms with E-state index in [0.29, 0.717) is 13.2 Å². The largest absolute Gasteiger partial charge is 0.496 e. The van der Waals surface area contributed by atoms with Crippen LogP contribution in [0.5, 0.6) is 5.75 Å². The summed E-state index contributed by atoms with van der Waals surface area (Å²) in [6.45, 7) is 3.24. The molecular weight excluding hydrogens is 218 g/mol. The van der Waals surface area contributed by atoms with Crippen LogP contribution in [0.15, 0.2) is 18.2 Å². The highest BCUT2D eigenvalue weighted by molar-refractivity contribution is 5.36. The molecule has 0 aliphatic carbocycles. The maximum absolute atomic E-state index is 9.14. The molecule has 0 aromatic heterocycles. The van der Waals surface area contributed by atoms with Gasteiger partial charge in [0, 0.05) is 19.2 Å². The van der Waals surface area contributed by atoms with Crippen molar-refractivity contribution in [1.29, 1.82) is 0 Å². The van der Waals surface area contributed by atoms with E-state index < -0.39 is 0 Å². The van der Waals surface area contributed by atoms with E-state index in [1.165, 1.54) is 5.56 Å². The standard InChI is InChI=1S/C13H21NO3/c1-10-4-5-13(17-3)11(6-10)7-14-12(8-15)9-16-2/h4-6,12,14-15H,7-9H2,1-3H3. The molecule has 0 spiro atoms. The third-order valence-electron chi connectivity index (χ3n) is 2.61. The van der Waals surface area contributed by atoms with E-state index in [4.69, 9.17) is 14.6 Å². The first-order valence-corrected chi connectivity index (χ1v) is 5.68. The molecule has 0 heterocycles. The second-order valence-corrected chi connectivity index (χ2v) is 4.03. The summed E-state index contributed by atoms with van der Waals surface area (Å²) in [6.07, 6.45) is 0. The summed E-state index contributed by atoms with van der Waals surface area (Å²) < 4.78 is 10.3. The Balaban J connectivity index is 2.63. The molecule has 1 rings (SSSR count). The van der Waals surface area contributed by atoms with Gasteiger partial charge in [0.15, 0.2) is 0 Å². The normalized spacial score (nSPS) is 12.5. The predicted molar refractivity (Wildman–Crippen MR) is 67.3 cm³/mol. The Bertz CT molecular complexity index is 341. The van der Waals surface area contributed by atoms with Crippen LogP contribution in [-0.4, -0.2) is 38.6 Å². The molecule has 0 amide bonds. The average molecular weight is 239 g/mol. The van der Waals surface area contributed by atoms with Crippen LogP contribution in [-0.2, 0) is 11.3 Å². The van der Waals surface area contributed by atoms with E-state index in [1.54, 1.807) is 14.2 Å². The summed E-state index contributed by atoms with van der Waals surface area (Å²) in [5, 5.41) is 12.4. The van der Waals surface area contributed by atoms with Crippen LogP contribution in [0.25, 0.3) is 0 Å². The molecule has 0 aliphatic heterocycles. The van der Waals surface area contributed by atoms with Crippen LogP contribution in [0.3, 0.4) is 0 Å². The lowest BCUT2D eigenvalue weighted by Gasteiger charge is -2.16. The number of benzene rings is 1. The van der Waals surface area contributed by atoms with Crippen molar-refractivity contribution in [3.8, 4) is 5.75 Å². The molecule has 0 bridgehead atoms. The van der Waals surface area contributed by atoms with Crippen LogP contribution in [0, 0.1) is 6.92 Å². The van der Waals surface area contributed by atoms with Crippen LogP contribution < -0.4 is 10.1 Å². The van der Waals surface area contributed by atoms with Gasteiger partial charge in [0.05, 0.1) is 26.4 Å². The lowest BCUT2D eigenvalue weighted by molar-refractivity contribution is 0.128. The van der Waals surface area contributed by atoms with Crippen molar-refractivity contribution in [2.45, 2.75) is 19.5 Å². The maximum Gasteiger partial charge on any atom is 0.123 e. The summed E-state index contributed by atoms with van der Waals surface area (Å²) in [7, 11) is 3.28. The van der Waals surface area contributed by atoms with E-state index in [1.807, 2.05) is 19.1 Å². The van der Waals surface area contributed by atoms with E-state index in [9.17, 15) is 0 Å². The van der Waals surface area contributed by atoms with Crippen molar-refractivity contribution in [2.24, 2.45) is 0 Å². The van der Waals surface area contributed by atoms with Crippen molar-refractivity contribution in [1.82, 2.24) is 5.32 Å². The molecule has 0 saturated heterocycles. The SMILES string of the molecule is COCC(CO)NCc1cc(C)ccc1OC. The van der Waals surface area contributed by atoms with Crippen molar-refractivity contribution in [3.05, 3.63) is 29.3 Å². The van der Waals surface area contributed by atoms with E-state index in [0.717, 1.165) is 11.3 Å². The summed E-state index contributed by atoms with van der Waals surface area (Å²) in [5.74, 6) is 0.859. The Labute approximate surface area is 103 Å². The molecule has 2 N–H and O–H groups in total. The van der Waals surface area contributed by atoms with Gasteiger partial charge in [-0.3, -0.25) is 0 Å². The first-order valence-electron chi connectivity index (χ1n) is 5.68. The first kappa shape index (κ1) is 14.0. The zero-order chi connectivity index (χ0) is 12.7. The molecule has 4 nitrogen and oxygen atoms in total. The molecule has 1 aromatic carbocycles. The van der Waals surface area contributed by atoms with Crippen LogP contribution in [0.1, 0.15) is 11.1 Å². The quantitative estimate of drug-likeness (QED) is 0.748. The monoisotopic (exact) mass is 239 g/mol. The number of aryl methyl sites for hydroxylation is 1. The van der Waals surface area contributed by atoms with Gasteiger partial charge in [0.25, 0.3) is 0 Å². The van der Waals surface area contributed by atoms with E-state index in [2.05, 4.69) is 11.4 Å². The van der Waals surface area contributed by atoms with Crippen molar-refractivity contribution in [2.75, 3.05) is 27.4 Å². The molecule has 0 saturated carbocycles. The second-order valence-electron chi connectivity index (χ2n) is 4.03. The van der Waals surface area contributed by atoms with Gasteiger partial charge >= 0.3 is 0 Å². The van der Waals surface area contributed by atoms with Gasteiger partial charge < -0.3 is 19.9 Å². The van der Waals surface area contributed by atoms with Crippen LogP contribution in [0.4, 0.5) is 0 Å². The van der Waals surface area contributed by atoms with E-state index in [-0.39, 0.29) is 12.6 Å². The number of hydrogen-bond acceptors (Lipinski definition) is 4. The number of methoxy groups -OCH3 is 2. The number of ether oxygens (including phenoxy) is 2. The lowest BCUT2D eigenvalue weighted by atomic mass is 10.1.